The van der Waals surface area contributed by atoms with Gasteiger partial charge in [-0.15, -0.1) is 0 Å². The first-order chi connectivity index (χ1) is 8.91. The van der Waals surface area contributed by atoms with E-state index in [0.717, 1.165) is 13.1 Å². The molecule has 0 aliphatic heterocycles. The Hall–Kier alpha value is -0.160. The van der Waals surface area contributed by atoms with E-state index in [1.807, 2.05) is 0 Å². The molecule has 0 spiro atoms. The van der Waals surface area contributed by atoms with Gasteiger partial charge < -0.3 is 10.2 Å². The second-order valence-corrected chi connectivity index (χ2v) is 4.85. The van der Waals surface area contributed by atoms with Crippen molar-refractivity contribution in [3.05, 3.63) is 0 Å². The van der Waals surface area contributed by atoms with Gasteiger partial charge in [0.05, 0.1) is 13.5 Å². The Bertz CT molecular complexity index is 130. The van der Waals surface area contributed by atoms with Gasteiger partial charge in [0.2, 0.25) is 0 Å². The van der Waals surface area contributed by atoms with Crippen LogP contribution in [-0.4, -0.2) is 36.8 Å². The molecule has 4 N–H and O–H groups in total. The predicted octanol–water partition coefficient (Wildman–Crippen LogP) is 1.97. The molecule has 4 heteroatoms. The van der Waals surface area contributed by atoms with Crippen LogP contribution in [0.3, 0.4) is 0 Å². The molecule has 110 valence electrons. The summed E-state index contributed by atoms with van der Waals surface area (Å²) in [6.07, 6.45) is 13.0. The molecule has 0 saturated heterocycles. The lowest BCUT2D eigenvalue weighted by Gasteiger charge is -2.03. The maximum Gasteiger partial charge on any atom is 0.0931 e. The summed E-state index contributed by atoms with van der Waals surface area (Å²) in [5.74, 6) is 0. The summed E-state index contributed by atoms with van der Waals surface area (Å²) in [5, 5.41) is 22.9. The first kappa shape index (κ1) is 17.8. The Kier molecular flexibility index (Phi) is 16.7. The van der Waals surface area contributed by atoms with Gasteiger partial charge in [-0.2, -0.15) is 0 Å². The van der Waals surface area contributed by atoms with Gasteiger partial charge in [-0.1, -0.05) is 51.4 Å². The largest absolute Gasteiger partial charge is 0.381 e. The third-order valence-electron chi connectivity index (χ3n) is 3.18. The van der Waals surface area contributed by atoms with Crippen molar-refractivity contribution in [1.82, 2.24) is 10.6 Å². The van der Waals surface area contributed by atoms with Crippen molar-refractivity contribution in [3.63, 3.8) is 0 Å². The highest BCUT2D eigenvalue weighted by Crippen LogP contribution is 2.10. The normalized spacial score (nSPS) is 11.0. The maximum atomic E-state index is 8.53. The summed E-state index contributed by atoms with van der Waals surface area (Å²) in [6.45, 7) is 2.10. The lowest BCUT2D eigenvalue weighted by atomic mass is 10.1. The Morgan fingerprint density at radius 1 is 0.444 bits per heavy atom. The van der Waals surface area contributed by atoms with Crippen LogP contribution in [-0.2, 0) is 0 Å². The van der Waals surface area contributed by atoms with Crippen molar-refractivity contribution < 1.29 is 10.2 Å². The second kappa shape index (κ2) is 16.8. The molecular weight excluding hydrogens is 228 g/mol. The summed E-state index contributed by atoms with van der Waals surface area (Å²) in [6, 6.07) is 0. The van der Waals surface area contributed by atoms with Crippen LogP contribution in [0.25, 0.3) is 0 Å². The van der Waals surface area contributed by atoms with Crippen molar-refractivity contribution >= 4 is 0 Å². The monoisotopic (exact) mass is 260 g/mol. The summed E-state index contributed by atoms with van der Waals surface area (Å²) >= 11 is 0. The van der Waals surface area contributed by atoms with Gasteiger partial charge in [0.1, 0.15) is 0 Å². The van der Waals surface area contributed by atoms with Crippen molar-refractivity contribution in [2.45, 2.75) is 64.2 Å². The van der Waals surface area contributed by atoms with E-state index in [-0.39, 0.29) is 13.5 Å². The fraction of sp³-hybridized carbons (Fsp3) is 1.00. The molecule has 0 saturated carbocycles. The van der Waals surface area contributed by atoms with E-state index in [1.54, 1.807) is 0 Å². The lowest BCUT2D eigenvalue weighted by Crippen LogP contribution is -2.15. The van der Waals surface area contributed by atoms with E-state index in [9.17, 15) is 0 Å². The van der Waals surface area contributed by atoms with Gasteiger partial charge in [0.25, 0.3) is 0 Å². The molecule has 18 heavy (non-hydrogen) atoms. The molecule has 0 aromatic rings. The smallest absolute Gasteiger partial charge is 0.0931 e. The van der Waals surface area contributed by atoms with E-state index < -0.39 is 0 Å². The number of unbranched alkanes of at least 4 members (excludes halogenated alkanes) is 9. The molecule has 0 atom stereocenters. The van der Waals surface area contributed by atoms with E-state index in [1.165, 1.54) is 64.2 Å². The summed E-state index contributed by atoms with van der Waals surface area (Å²) in [4.78, 5) is 0. The van der Waals surface area contributed by atoms with Crippen molar-refractivity contribution in [1.29, 1.82) is 0 Å². The van der Waals surface area contributed by atoms with Crippen molar-refractivity contribution in [2.75, 3.05) is 26.6 Å². The average Bonchev–Trinajstić information content (AvgIpc) is 2.39. The molecule has 0 aliphatic carbocycles. The number of nitrogens with one attached hydrogen (secondary N) is 2. The van der Waals surface area contributed by atoms with E-state index in [0.29, 0.717) is 0 Å². The van der Waals surface area contributed by atoms with E-state index in [2.05, 4.69) is 10.6 Å². The second-order valence-electron chi connectivity index (χ2n) is 4.85. The molecule has 0 aromatic heterocycles. The maximum absolute atomic E-state index is 8.53. The molecule has 0 fully saturated rings. The standard InChI is InChI=1S/C14H32N2O2/c17-13-15-11-9-7-5-3-1-2-4-6-8-10-12-16-14-18/h15-18H,1-14H2. The Labute approximate surface area is 112 Å². The van der Waals surface area contributed by atoms with Crippen LogP contribution in [0.2, 0.25) is 0 Å². The minimum absolute atomic E-state index is 0.105. The van der Waals surface area contributed by atoms with Crippen LogP contribution in [0.5, 0.6) is 0 Å². The number of hydrogen-bond donors (Lipinski definition) is 4. The quantitative estimate of drug-likeness (QED) is 0.268. The molecule has 0 aromatic carbocycles. The molecular formula is C14H32N2O2. The van der Waals surface area contributed by atoms with Crippen LogP contribution in [0.1, 0.15) is 64.2 Å². The lowest BCUT2D eigenvalue weighted by molar-refractivity contribution is 0.259. The molecule has 0 amide bonds. The Morgan fingerprint density at radius 3 is 1.00 bits per heavy atom. The van der Waals surface area contributed by atoms with E-state index >= 15 is 0 Å². The van der Waals surface area contributed by atoms with Gasteiger partial charge >= 0.3 is 0 Å². The molecule has 4 nitrogen and oxygen atoms in total. The van der Waals surface area contributed by atoms with Crippen LogP contribution < -0.4 is 10.6 Å². The molecule has 0 rings (SSSR count). The predicted molar refractivity (Wildman–Crippen MR) is 76.3 cm³/mol. The van der Waals surface area contributed by atoms with E-state index in [4.69, 9.17) is 10.2 Å². The van der Waals surface area contributed by atoms with Gasteiger partial charge in [-0.3, -0.25) is 10.6 Å². The third-order valence-corrected chi connectivity index (χ3v) is 3.18. The van der Waals surface area contributed by atoms with Crippen molar-refractivity contribution in [3.8, 4) is 0 Å². The minimum Gasteiger partial charge on any atom is -0.381 e. The molecule has 0 radical (unpaired) electrons. The highest BCUT2D eigenvalue weighted by atomic mass is 16.3. The van der Waals surface area contributed by atoms with Crippen LogP contribution in [0.4, 0.5) is 0 Å². The Morgan fingerprint density at radius 2 is 0.722 bits per heavy atom. The van der Waals surface area contributed by atoms with Gasteiger partial charge in [-0.25, -0.2) is 0 Å². The summed E-state index contributed by atoms with van der Waals surface area (Å²) in [7, 11) is 0. The van der Waals surface area contributed by atoms with Crippen LogP contribution in [0, 0.1) is 0 Å². The zero-order chi connectivity index (χ0) is 13.3. The van der Waals surface area contributed by atoms with Gasteiger partial charge in [-0.05, 0) is 25.9 Å². The number of hydrogen-bond acceptors (Lipinski definition) is 4. The summed E-state index contributed by atoms with van der Waals surface area (Å²) in [5.41, 5.74) is 0. The van der Waals surface area contributed by atoms with Crippen LogP contribution in [0.15, 0.2) is 0 Å². The highest BCUT2D eigenvalue weighted by molar-refractivity contribution is 4.50. The number of rotatable bonds is 15. The topological polar surface area (TPSA) is 64.5 Å². The van der Waals surface area contributed by atoms with Gasteiger partial charge in [0.15, 0.2) is 0 Å². The summed E-state index contributed by atoms with van der Waals surface area (Å²) < 4.78 is 0. The molecule has 0 heterocycles. The molecule has 0 bridgehead atoms. The molecule has 0 aliphatic rings. The Balaban J connectivity index is 2.86. The average molecular weight is 260 g/mol. The number of aliphatic hydroxyl groups is 2. The highest BCUT2D eigenvalue weighted by Gasteiger charge is 1.93. The molecule has 0 unspecified atom stereocenters. The van der Waals surface area contributed by atoms with Crippen molar-refractivity contribution in [2.24, 2.45) is 0 Å². The fourth-order valence-electron chi connectivity index (χ4n) is 2.07. The number of aliphatic hydroxyl groups excluding tert-OH is 2. The first-order valence-corrected chi connectivity index (χ1v) is 7.55. The zero-order valence-corrected chi connectivity index (χ0v) is 11.8. The zero-order valence-electron chi connectivity index (χ0n) is 11.8. The fourth-order valence-corrected chi connectivity index (χ4v) is 2.07. The SMILES string of the molecule is OCNCCCCCCCCCCCCNCO. The van der Waals surface area contributed by atoms with Crippen LogP contribution >= 0.6 is 0 Å². The minimum atomic E-state index is 0.105. The third kappa shape index (κ3) is 15.8. The first-order valence-electron chi connectivity index (χ1n) is 7.55. The van der Waals surface area contributed by atoms with Gasteiger partial charge in [0, 0.05) is 0 Å².